The van der Waals surface area contributed by atoms with E-state index < -0.39 is 10.0 Å². The molecular formula is C13H25N3O4S. The Hall–Kier alpha value is -0.960. The summed E-state index contributed by atoms with van der Waals surface area (Å²) in [6.07, 6.45) is 0.541. The summed E-state index contributed by atoms with van der Waals surface area (Å²) in [5.41, 5.74) is 1.06. The number of aromatic nitrogens is 2. The Morgan fingerprint density at radius 2 is 2.10 bits per heavy atom. The number of aryl methyl sites for hydroxylation is 2. The summed E-state index contributed by atoms with van der Waals surface area (Å²) in [5.74, 6) is 0.0924. The first-order valence-electron chi connectivity index (χ1n) is 6.97. The maximum Gasteiger partial charge on any atom is 0.244 e. The SMILES string of the molecule is COCC(C)CNS(=O)(=O)c1c(C)nn(CCCO)c1C. The third-order valence-corrected chi connectivity index (χ3v) is 4.86. The van der Waals surface area contributed by atoms with Gasteiger partial charge < -0.3 is 9.84 Å². The molecule has 0 aliphatic rings. The van der Waals surface area contributed by atoms with Crippen LogP contribution in [0.5, 0.6) is 0 Å². The Morgan fingerprint density at radius 1 is 1.43 bits per heavy atom. The molecule has 0 aliphatic carbocycles. The molecule has 21 heavy (non-hydrogen) atoms. The van der Waals surface area contributed by atoms with Crippen molar-refractivity contribution in [1.29, 1.82) is 0 Å². The number of rotatable bonds is 9. The van der Waals surface area contributed by atoms with Gasteiger partial charge >= 0.3 is 0 Å². The Morgan fingerprint density at radius 3 is 2.67 bits per heavy atom. The number of methoxy groups -OCH3 is 1. The van der Waals surface area contributed by atoms with Crippen molar-refractivity contribution in [2.45, 2.75) is 38.6 Å². The first-order chi connectivity index (χ1) is 9.83. The first-order valence-corrected chi connectivity index (χ1v) is 8.45. The lowest BCUT2D eigenvalue weighted by atomic mass is 10.2. The zero-order valence-corrected chi connectivity index (χ0v) is 13.9. The van der Waals surface area contributed by atoms with Crippen molar-refractivity contribution < 1.29 is 18.3 Å². The van der Waals surface area contributed by atoms with E-state index >= 15 is 0 Å². The lowest BCUT2D eigenvalue weighted by Gasteiger charge is -2.12. The molecule has 0 bridgehead atoms. The van der Waals surface area contributed by atoms with Crippen molar-refractivity contribution in [3.8, 4) is 0 Å². The van der Waals surface area contributed by atoms with Gasteiger partial charge in [-0.15, -0.1) is 0 Å². The Balaban J connectivity index is 2.90. The summed E-state index contributed by atoms with van der Waals surface area (Å²) < 4.78 is 34.0. The normalized spacial score (nSPS) is 13.6. The number of hydrogen-bond acceptors (Lipinski definition) is 5. The topological polar surface area (TPSA) is 93.5 Å². The van der Waals surface area contributed by atoms with Crippen LogP contribution in [0.4, 0.5) is 0 Å². The largest absolute Gasteiger partial charge is 0.396 e. The zero-order chi connectivity index (χ0) is 16.0. The average Bonchev–Trinajstić information content (AvgIpc) is 2.70. The van der Waals surface area contributed by atoms with Crippen molar-refractivity contribution in [1.82, 2.24) is 14.5 Å². The van der Waals surface area contributed by atoms with E-state index in [2.05, 4.69) is 9.82 Å². The van der Waals surface area contributed by atoms with Gasteiger partial charge in [-0.05, 0) is 26.2 Å². The quantitative estimate of drug-likeness (QED) is 0.689. The molecular weight excluding hydrogens is 294 g/mol. The minimum atomic E-state index is -3.59. The van der Waals surface area contributed by atoms with Crippen LogP contribution in [-0.2, 0) is 21.3 Å². The van der Waals surface area contributed by atoms with Crippen molar-refractivity contribution in [3.63, 3.8) is 0 Å². The van der Waals surface area contributed by atoms with Gasteiger partial charge in [0, 0.05) is 33.4 Å². The summed E-state index contributed by atoms with van der Waals surface area (Å²) in [6.45, 7) is 6.68. The second-order valence-corrected chi connectivity index (χ2v) is 6.92. The van der Waals surface area contributed by atoms with E-state index in [0.717, 1.165) is 0 Å². The molecule has 1 rings (SSSR count). The average molecular weight is 319 g/mol. The van der Waals surface area contributed by atoms with Crippen molar-refractivity contribution in [2.75, 3.05) is 26.9 Å². The van der Waals surface area contributed by atoms with E-state index in [4.69, 9.17) is 9.84 Å². The van der Waals surface area contributed by atoms with Gasteiger partial charge in [-0.2, -0.15) is 5.10 Å². The van der Waals surface area contributed by atoms with Crippen LogP contribution >= 0.6 is 0 Å². The molecule has 0 saturated heterocycles. The lowest BCUT2D eigenvalue weighted by molar-refractivity contribution is 0.161. The summed E-state index contributed by atoms with van der Waals surface area (Å²) in [6, 6.07) is 0. The molecule has 8 heteroatoms. The summed E-state index contributed by atoms with van der Waals surface area (Å²) >= 11 is 0. The van der Waals surface area contributed by atoms with Gasteiger partial charge in [-0.1, -0.05) is 6.92 Å². The van der Waals surface area contributed by atoms with E-state index in [-0.39, 0.29) is 17.4 Å². The van der Waals surface area contributed by atoms with Gasteiger partial charge in [0.2, 0.25) is 10.0 Å². The van der Waals surface area contributed by atoms with Crippen LogP contribution in [0.3, 0.4) is 0 Å². The number of ether oxygens (including phenoxy) is 1. The molecule has 0 spiro atoms. The maximum atomic E-state index is 12.4. The molecule has 0 aromatic carbocycles. The fraction of sp³-hybridized carbons (Fsp3) is 0.769. The molecule has 1 heterocycles. The monoisotopic (exact) mass is 319 g/mol. The Bertz CT molecular complexity index is 554. The Kier molecular flexibility index (Phi) is 6.79. The van der Waals surface area contributed by atoms with Gasteiger partial charge in [0.15, 0.2) is 0 Å². The second-order valence-electron chi connectivity index (χ2n) is 5.21. The van der Waals surface area contributed by atoms with Crippen molar-refractivity contribution in [3.05, 3.63) is 11.4 Å². The maximum absolute atomic E-state index is 12.4. The van der Waals surface area contributed by atoms with Crippen LogP contribution in [0.2, 0.25) is 0 Å². The number of hydrogen-bond donors (Lipinski definition) is 2. The summed E-state index contributed by atoms with van der Waals surface area (Å²) in [4.78, 5) is 0.227. The van der Waals surface area contributed by atoms with Crippen LogP contribution in [0.25, 0.3) is 0 Å². The predicted molar refractivity (Wildman–Crippen MR) is 79.6 cm³/mol. The van der Waals surface area contributed by atoms with E-state index in [1.165, 1.54) is 0 Å². The van der Waals surface area contributed by atoms with Crippen LogP contribution in [0.15, 0.2) is 4.90 Å². The highest BCUT2D eigenvalue weighted by Crippen LogP contribution is 2.19. The smallest absolute Gasteiger partial charge is 0.244 e. The highest BCUT2D eigenvalue weighted by Gasteiger charge is 2.24. The van der Waals surface area contributed by atoms with Gasteiger partial charge in [0.05, 0.1) is 11.4 Å². The number of aliphatic hydroxyl groups is 1. The van der Waals surface area contributed by atoms with Crippen molar-refractivity contribution in [2.24, 2.45) is 5.92 Å². The minimum absolute atomic E-state index is 0.0488. The molecule has 2 N–H and O–H groups in total. The highest BCUT2D eigenvalue weighted by molar-refractivity contribution is 7.89. The van der Waals surface area contributed by atoms with Crippen molar-refractivity contribution >= 4 is 10.0 Å². The van der Waals surface area contributed by atoms with Gasteiger partial charge in [-0.25, -0.2) is 13.1 Å². The van der Waals surface area contributed by atoms with E-state index in [1.54, 1.807) is 25.6 Å². The standard InChI is InChI=1S/C13H25N3O4S/c1-10(9-20-4)8-14-21(18,19)13-11(2)15-16(12(13)3)6-5-7-17/h10,14,17H,5-9H2,1-4H3. The molecule has 1 aromatic rings. The van der Waals surface area contributed by atoms with Crippen LogP contribution in [0.1, 0.15) is 24.7 Å². The van der Waals surface area contributed by atoms with E-state index in [1.807, 2.05) is 6.92 Å². The molecule has 0 radical (unpaired) electrons. The molecule has 0 aliphatic heterocycles. The van der Waals surface area contributed by atoms with Gasteiger partial charge in [-0.3, -0.25) is 4.68 Å². The third kappa shape index (κ3) is 4.77. The molecule has 1 unspecified atom stereocenters. The Labute approximate surface area is 126 Å². The molecule has 0 saturated carbocycles. The minimum Gasteiger partial charge on any atom is -0.396 e. The number of sulfonamides is 1. The first kappa shape index (κ1) is 18.1. The van der Waals surface area contributed by atoms with Gasteiger partial charge in [0.1, 0.15) is 4.90 Å². The second kappa shape index (κ2) is 7.88. The molecule has 122 valence electrons. The molecule has 0 fully saturated rings. The summed E-state index contributed by atoms with van der Waals surface area (Å²) in [7, 11) is -2.00. The number of aliphatic hydroxyl groups excluding tert-OH is 1. The van der Waals surface area contributed by atoms with Crippen LogP contribution < -0.4 is 4.72 Å². The zero-order valence-electron chi connectivity index (χ0n) is 13.1. The highest BCUT2D eigenvalue weighted by atomic mass is 32.2. The lowest BCUT2D eigenvalue weighted by Crippen LogP contribution is -2.30. The molecule has 1 atom stereocenters. The molecule has 1 aromatic heterocycles. The summed E-state index contributed by atoms with van der Waals surface area (Å²) in [5, 5.41) is 13.1. The predicted octanol–water partition coefficient (Wildman–Crippen LogP) is 0.443. The van der Waals surface area contributed by atoms with Crippen LogP contribution in [0, 0.1) is 19.8 Å². The fourth-order valence-electron chi connectivity index (χ4n) is 2.18. The molecule has 7 nitrogen and oxygen atoms in total. The van der Waals surface area contributed by atoms with Gasteiger partial charge in [0.25, 0.3) is 0 Å². The van der Waals surface area contributed by atoms with Crippen LogP contribution in [-0.4, -0.2) is 50.2 Å². The van der Waals surface area contributed by atoms with E-state index in [9.17, 15) is 8.42 Å². The number of nitrogens with zero attached hydrogens (tertiary/aromatic N) is 2. The molecule has 0 amide bonds. The third-order valence-electron chi connectivity index (χ3n) is 3.18. The number of nitrogens with one attached hydrogen (secondary N) is 1. The fourth-order valence-corrected chi connectivity index (χ4v) is 3.75. The van der Waals surface area contributed by atoms with E-state index in [0.29, 0.717) is 37.5 Å².